The summed E-state index contributed by atoms with van der Waals surface area (Å²) in [6, 6.07) is 17.9. The quantitative estimate of drug-likeness (QED) is 0.576. The molecule has 0 atom stereocenters. The number of nitrogens with one attached hydrogen (secondary N) is 1. The molecule has 2 aromatic heterocycles. The average molecular weight is 371 g/mol. The van der Waals surface area contributed by atoms with Gasteiger partial charge in [-0.05, 0) is 37.5 Å². The molecule has 2 heterocycles. The molecule has 1 amide bonds. The van der Waals surface area contributed by atoms with Gasteiger partial charge in [-0.25, -0.2) is 9.50 Å². The first-order valence-corrected chi connectivity index (χ1v) is 9.23. The lowest BCUT2D eigenvalue weighted by atomic mass is 10.0. The summed E-state index contributed by atoms with van der Waals surface area (Å²) in [5.74, 6) is 0.556. The van der Waals surface area contributed by atoms with E-state index in [2.05, 4.69) is 20.4 Å². The number of carbonyl (C=O) groups is 1. The van der Waals surface area contributed by atoms with Crippen LogP contribution in [0.3, 0.4) is 0 Å². The summed E-state index contributed by atoms with van der Waals surface area (Å²) in [6.07, 6.45) is 2.46. The van der Waals surface area contributed by atoms with Crippen molar-refractivity contribution in [1.29, 1.82) is 0 Å². The number of nitrogens with zero attached hydrogens (tertiary/aromatic N) is 4. The number of carbonyl (C=O) groups excluding carboxylic acids is 1. The van der Waals surface area contributed by atoms with Gasteiger partial charge in [0.2, 0.25) is 5.91 Å². The van der Waals surface area contributed by atoms with Gasteiger partial charge in [0.1, 0.15) is 6.33 Å². The fourth-order valence-electron chi connectivity index (χ4n) is 3.43. The minimum Gasteiger partial charge on any atom is -0.326 e. The van der Waals surface area contributed by atoms with Crippen LogP contribution in [-0.4, -0.2) is 25.5 Å². The van der Waals surface area contributed by atoms with Gasteiger partial charge in [0, 0.05) is 29.1 Å². The molecule has 0 spiro atoms. The Hall–Kier alpha value is -3.54. The van der Waals surface area contributed by atoms with Crippen LogP contribution in [0, 0.1) is 13.8 Å². The van der Waals surface area contributed by atoms with Crippen LogP contribution in [0.2, 0.25) is 0 Å². The van der Waals surface area contributed by atoms with Gasteiger partial charge in [0.15, 0.2) is 0 Å². The Balaban J connectivity index is 1.51. The van der Waals surface area contributed by atoms with E-state index >= 15 is 0 Å². The first-order chi connectivity index (χ1) is 13.6. The molecule has 0 aliphatic heterocycles. The van der Waals surface area contributed by atoms with Crippen molar-refractivity contribution >= 4 is 17.4 Å². The van der Waals surface area contributed by atoms with Gasteiger partial charge in [-0.2, -0.15) is 10.1 Å². The fourth-order valence-corrected chi connectivity index (χ4v) is 3.43. The first-order valence-electron chi connectivity index (χ1n) is 9.23. The summed E-state index contributed by atoms with van der Waals surface area (Å²) in [5, 5.41) is 7.26. The summed E-state index contributed by atoms with van der Waals surface area (Å²) >= 11 is 0. The highest BCUT2D eigenvalue weighted by molar-refractivity contribution is 5.95. The van der Waals surface area contributed by atoms with Crippen LogP contribution in [0.4, 0.5) is 5.69 Å². The summed E-state index contributed by atoms with van der Waals surface area (Å²) in [4.78, 5) is 21.2. The van der Waals surface area contributed by atoms with Crippen LogP contribution >= 0.6 is 0 Å². The molecular formula is C22H21N5O. The molecule has 0 saturated carbocycles. The number of amides is 1. The second-order valence-corrected chi connectivity index (χ2v) is 6.69. The number of benzene rings is 2. The molecule has 0 bridgehead atoms. The molecule has 0 radical (unpaired) electrons. The summed E-state index contributed by atoms with van der Waals surface area (Å²) in [6.45, 7) is 3.92. The largest absolute Gasteiger partial charge is 0.326 e. The maximum Gasteiger partial charge on any atom is 0.252 e. The van der Waals surface area contributed by atoms with Gasteiger partial charge < -0.3 is 5.32 Å². The Morgan fingerprint density at radius 3 is 2.61 bits per heavy atom. The van der Waals surface area contributed by atoms with Gasteiger partial charge in [-0.15, -0.1) is 0 Å². The monoisotopic (exact) mass is 371 g/mol. The molecule has 0 aliphatic rings. The van der Waals surface area contributed by atoms with Gasteiger partial charge in [-0.1, -0.05) is 48.5 Å². The molecule has 28 heavy (non-hydrogen) atoms. The highest BCUT2D eigenvalue weighted by Crippen LogP contribution is 2.27. The summed E-state index contributed by atoms with van der Waals surface area (Å²) < 4.78 is 1.71. The van der Waals surface area contributed by atoms with Gasteiger partial charge in [0.25, 0.3) is 5.78 Å². The number of hydrogen-bond donors (Lipinski definition) is 1. The molecule has 2 aromatic carbocycles. The molecule has 140 valence electrons. The molecule has 0 fully saturated rings. The topological polar surface area (TPSA) is 72.2 Å². The molecule has 0 aliphatic carbocycles. The smallest absolute Gasteiger partial charge is 0.252 e. The molecule has 6 heteroatoms. The normalized spacial score (nSPS) is 10.9. The van der Waals surface area contributed by atoms with E-state index in [0.717, 1.165) is 33.8 Å². The maximum absolute atomic E-state index is 12.6. The third kappa shape index (κ3) is 3.49. The number of rotatable bonds is 5. The van der Waals surface area contributed by atoms with E-state index < -0.39 is 0 Å². The number of hydrogen-bond acceptors (Lipinski definition) is 4. The Kier molecular flexibility index (Phi) is 4.85. The van der Waals surface area contributed by atoms with Crippen molar-refractivity contribution in [1.82, 2.24) is 19.6 Å². The predicted molar refractivity (Wildman–Crippen MR) is 109 cm³/mol. The molecule has 6 nitrogen and oxygen atoms in total. The fraction of sp³-hybridized carbons (Fsp3) is 0.182. The van der Waals surface area contributed by atoms with Crippen molar-refractivity contribution in [3.05, 3.63) is 77.9 Å². The van der Waals surface area contributed by atoms with E-state index in [4.69, 9.17) is 0 Å². The predicted octanol–water partition coefficient (Wildman–Crippen LogP) is 3.98. The summed E-state index contributed by atoms with van der Waals surface area (Å²) in [7, 11) is 0. The molecular weight excluding hydrogens is 350 g/mol. The molecule has 1 N–H and O–H groups in total. The molecule has 4 aromatic rings. The maximum atomic E-state index is 12.6. The van der Waals surface area contributed by atoms with Gasteiger partial charge in [0.05, 0.1) is 0 Å². The zero-order valence-electron chi connectivity index (χ0n) is 15.9. The Morgan fingerprint density at radius 1 is 1.04 bits per heavy atom. The van der Waals surface area contributed by atoms with Crippen LogP contribution in [-0.2, 0) is 11.2 Å². The van der Waals surface area contributed by atoms with E-state index in [0.29, 0.717) is 18.6 Å². The van der Waals surface area contributed by atoms with Crippen LogP contribution in [0.5, 0.6) is 0 Å². The third-order valence-electron chi connectivity index (χ3n) is 4.88. The van der Waals surface area contributed by atoms with Crippen molar-refractivity contribution < 1.29 is 4.79 Å². The van der Waals surface area contributed by atoms with Crippen molar-refractivity contribution in [2.45, 2.75) is 26.7 Å². The average Bonchev–Trinajstić information content (AvgIpc) is 3.17. The number of aryl methyl sites for hydroxylation is 2. The minimum atomic E-state index is -0.0270. The van der Waals surface area contributed by atoms with E-state index in [-0.39, 0.29) is 5.91 Å². The molecule has 0 unspecified atom stereocenters. The Bertz CT molecular complexity index is 1130. The van der Waals surface area contributed by atoms with Crippen molar-refractivity contribution in [3.8, 4) is 11.1 Å². The van der Waals surface area contributed by atoms with E-state index in [1.807, 2.05) is 68.4 Å². The number of anilines is 1. The first kappa shape index (κ1) is 17.9. The van der Waals surface area contributed by atoms with Crippen LogP contribution in [0.1, 0.15) is 23.4 Å². The Labute approximate surface area is 163 Å². The minimum absolute atomic E-state index is 0.0270. The van der Waals surface area contributed by atoms with Crippen molar-refractivity contribution in [3.63, 3.8) is 0 Å². The number of fused-ring (bicyclic) bond motifs is 1. The number of para-hydroxylation sites is 1. The number of aromatic nitrogens is 4. The third-order valence-corrected chi connectivity index (χ3v) is 4.88. The standard InChI is InChI=1S/C22H21N5O/c1-15-18(16(2)27-22(25-15)23-14-24-27)12-13-21(28)26-20-11-7-6-10-19(20)17-8-4-3-5-9-17/h3-11,14H,12-13H2,1-2H3,(H,26,28). The lowest BCUT2D eigenvalue weighted by Gasteiger charge is -2.13. The second kappa shape index (κ2) is 7.60. The SMILES string of the molecule is Cc1nc2ncnn2c(C)c1CCC(=O)Nc1ccccc1-c1ccccc1. The van der Waals surface area contributed by atoms with Crippen LogP contribution in [0.25, 0.3) is 16.9 Å². The van der Waals surface area contributed by atoms with Gasteiger partial charge in [-0.3, -0.25) is 4.79 Å². The highest BCUT2D eigenvalue weighted by atomic mass is 16.1. The Morgan fingerprint density at radius 2 is 1.79 bits per heavy atom. The van der Waals surface area contributed by atoms with E-state index in [1.54, 1.807) is 4.52 Å². The zero-order valence-corrected chi connectivity index (χ0v) is 15.9. The molecule has 0 saturated heterocycles. The van der Waals surface area contributed by atoms with Crippen molar-refractivity contribution in [2.75, 3.05) is 5.32 Å². The van der Waals surface area contributed by atoms with Gasteiger partial charge >= 0.3 is 0 Å². The zero-order chi connectivity index (χ0) is 19.5. The summed E-state index contributed by atoms with van der Waals surface area (Å²) in [5.41, 5.74) is 5.79. The highest BCUT2D eigenvalue weighted by Gasteiger charge is 2.13. The van der Waals surface area contributed by atoms with Crippen LogP contribution in [0.15, 0.2) is 60.9 Å². The van der Waals surface area contributed by atoms with Crippen LogP contribution < -0.4 is 5.32 Å². The van der Waals surface area contributed by atoms with E-state index in [1.165, 1.54) is 6.33 Å². The van der Waals surface area contributed by atoms with Crippen molar-refractivity contribution in [2.24, 2.45) is 0 Å². The lowest BCUT2D eigenvalue weighted by Crippen LogP contribution is -2.15. The van der Waals surface area contributed by atoms with E-state index in [9.17, 15) is 4.79 Å². The molecule has 4 rings (SSSR count). The second-order valence-electron chi connectivity index (χ2n) is 6.69. The lowest BCUT2D eigenvalue weighted by molar-refractivity contribution is -0.116.